The average Bonchev–Trinajstić information content (AvgIpc) is 2.99. The topological polar surface area (TPSA) is 38.2 Å². The fourth-order valence-corrected chi connectivity index (χ4v) is 3.34. The highest BCUT2D eigenvalue weighted by Gasteiger charge is 2.36. The summed E-state index contributed by atoms with van der Waals surface area (Å²) in [6, 6.07) is 1.50. The molecule has 0 saturated carbocycles. The summed E-state index contributed by atoms with van der Waals surface area (Å²) < 4.78 is 83.9. The number of halogens is 6. The van der Waals surface area contributed by atoms with Crippen LogP contribution in [0.1, 0.15) is 17.7 Å². The van der Waals surface area contributed by atoms with Crippen LogP contribution in [0.25, 0.3) is 0 Å². The summed E-state index contributed by atoms with van der Waals surface area (Å²) >= 11 is 4.35. The predicted octanol–water partition coefficient (Wildman–Crippen LogP) is 4.01. The molecule has 2 heterocycles. The van der Waals surface area contributed by atoms with Gasteiger partial charge in [-0.25, -0.2) is 23.1 Å². The summed E-state index contributed by atoms with van der Waals surface area (Å²) in [7, 11) is 0. The minimum absolute atomic E-state index is 0.00486. The van der Waals surface area contributed by atoms with Gasteiger partial charge in [-0.3, -0.25) is 0 Å². The third-order valence-electron chi connectivity index (χ3n) is 4.24. The van der Waals surface area contributed by atoms with Crippen molar-refractivity contribution < 1.29 is 31.1 Å². The van der Waals surface area contributed by atoms with Crippen LogP contribution in [-0.2, 0) is 17.5 Å². The molecule has 152 valence electrons. The van der Waals surface area contributed by atoms with Crippen LogP contribution < -0.4 is 4.90 Å². The molecule has 28 heavy (non-hydrogen) atoms. The molecule has 2 aromatic rings. The number of alkyl halides is 3. The van der Waals surface area contributed by atoms with Gasteiger partial charge >= 0.3 is 6.18 Å². The van der Waals surface area contributed by atoms with E-state index in [-0.39, 0.29) is 30.0 Å². The van der Waals surface area contributed by atoms with E-state index in [4.69, 9.17) is 4.74 Å². The van der Waals surface area contributed by atoms with E-state index in [9.17, 15) is 26.3 Å². The molecule has 1 aromatic carbocycles. The first-order valence-corrected chi connectivity index (χ1v) is 8.73. The molecule has 0 unspecified atom stereocenters. The molecule has 1 fully saturated rings. The van der Waals surface area contributed by atoms with E-state index in [0.717, 1.165) is 12.3 Å². The van der Waals surface area contributed by atoms with Gasteiger partial charge in [0.2, 0.25) is 5.95 Å². The summed E-state index contributed by atoms with van der Waals surface area (Å²) in [5, 5.41) is -0.147. The number of aromatic nitrogens is 2. The zero-order chi connectivity index (χ0) is 20.5. The van der Waals surface area contributed by atoms with Crippen molar-refractivity contribution in [3.8, 4) is 0 Å². The average molecular weight is 423 g/mol. The van der Waals surface area contributed by atoms with E-state index in [1.54, 1.807) is 0 Å². The number of rotatable bonds is 5. The lowest BCUT2D eigenvalue weighted by Crippen LogP contribution is -2.35. The molecule has 0 aliphatic carbocycles. The molecule has 1 aromatic heterocycles. The van der Waals surface area contributed by atoms with Crippen LogP contribution in [0.2, 0.25) is 0 Å². The zero-order valence-electron chi connectivity index (χ0n) is 14.3. The van der Waals surface area contributed by atoms with Gasteiger partial charge in [0, 0.05) is 29.6 Å². The van der Waals surface area contributed by atoms with Crippen molar-refractivity contribution >= 4 is 18.6 Å². The standard InChI is InChI=1S/C17H15F6N3OS/c18-12-5-14(20)13(19)3-9(12)7-27-8-10-4-11(28)6-26(10)16-24-2-1-15(25-16)17(21,22)23/h1-3,5,10-11,28H,4,6-8H2/t10-,11+/m0/s1. The maximum Gasteiger partial charge on any atom is 0.433 e. The molecule has 0 N–H and O–H groups in total. The van der Waals surface area contributed by atoms with Crippen LogP contribution in [0.4, 0.5) is 32.3 Å². The Bertz CT molecular complexity index is 850. The summed E-state index contributed by atoms with van der Waals surface area (Å²) in [4.78, 5) is 8.99. The first-order valence-electron chi connectivity index (χ1n) is 8.21. The molecule has 0 amide bonds. The number of hydrogen-bond acceptors (Lipinski definition) is 5. The normalized spacial score (nSPS) is 20.0. The van der Waals surface area contributed by atoms with Crippen molar-refractivity contribution in [2.45, 2.75) is 30.5 Å². The highest BCUT2D eigenvalue weighted by molar-refractivity contribution is 7.81. The van der Waals surface area contributed by atoms with Crippen molar-refractivity contribution in [3.05, 3.63) is 53.1 Å². The molecular weight excluding hydrogens is 408 g/mol. The zero-order valence-corrected chi connectivity index (χ0v) is 15.2. The van der Waals surface area contributed by atoms with E-state index in [2.05, 4.69) is 22.6 Å². The predicted molar refractivity (Wildman–Crippen MR) is 91.5 cm³/mol. The van der Waals surface area contributed by atoms with Gasteiger partial charge in [0.25, 0.3) is 0 Å². The van der Waals surface area contributed by atoms with Gasteiger partial charge in [-0.1, -0.05) is 0 Å². The van der Waals surface area contributed by atoms with E-state index in [0.29, 0.717) is 25.1 Å². The van der Waals surface area contributed by atoms with E-state index in [1.165, 1.54) is 4.90 Å². The number of hydrogen-bond donors (Lipinski definition) is 1. The summed E-state index contributed by atoms with van der Waals surface area (Å²) in [5.41, 5.74) is -1.23. The molecule has 3 rings (SSSR count). The van der Waals surface area contributed by atoms with Crippen LogP contribution in [0.5, 0.6) is 0 Å². The Morgan fingerprint density at radius 1 is 1.14 bits per heavy atom. The lowest BCUT2D eigenvalue weighted by atomic mass is 10.2. The van der Waals surface area contributed by atoms with Gasteiger partial charge in [0.15, 0.2) is 11.6 Å². The second-order valence-corrected chi connectivity index (χ2v) is 7.04. The second-order valence-electron chi connectivity index (χ2n) is 6.31. The highest BCUT2D eigenvalue weighted by atomic mass is 32.1. The molecule has 0 spiro atoms. The smallest absolute Gasteiger partial charge is 0.375 e. The number of nitrogens with zero attached hydrogens (tertiary/aromatic N) is 3. The van der Waals surface area contributed by atoms with Gasteiger partial charge in [-0.2, -0.15) is 25.8 Å². The molecule has 1 aliphatic heterocycles. The molecule has 1 saturated heterocycles. The molecule has 11 heteroatoms. The maximum absolute atomic E-state index is 13.7. The molecule has 0 radical (unpaired) electrons. The molecule has 1 aliphatic rings. The second kappa shape index (κ2) is 8.16. The van der Waals surface area contributed by atoms with Crippen LogP contribution in [0.15, 0.2) is 24.4 Å². The van der Waals surface area contributed by atoms with E-state index >= 15 is 0 Å². The van der Waals surface area contributed by atoms with Gasteiger partial charge in [-0.15, -0.1) is 0 Å². The molecular formula is C17H15F6N3OS. The Kier molecular flexibility index (Phi) is 6.04. The first kappa shape index (κ1) is 20.7. The van der Waals surface area contributed by atoms with E-state index < -0.39 is 35.4 Å². The number of thiol groups is 1. The van der Waals surface area contributed by atoms with Crippen molar-refractivity contribution in [2.75, 3.05) is 18.1 Å². The van der Waals surface area contributed by atoms with Crippen molar-refractivity contribution in [1.82, 2.24) is 9.97 Å². The van der Waals surface area contributed by atoms with Crippen LogP contribution in [-0.4, -0.2) is 34.4 Å². The first-order chi connectivity index (χ1) is 13.1. The number of ether oxygens (including phenoxy) is 1. The highest BCUT2D eigenvalue weighted by Crippen LogP contribution is 2.31. The number of benzene rings is 1. The van der Waals surface area contributed by atoms with Crippen molar-refractivity contribution in [3.63, 3.8) is 0 Å². The monoisotopic (exact) mass is 423 g/mol. The molecule has 0 bridgehead atoms. The van der Waals surface area contributed by atoms with Crippen LogP contribution >= 0.6 is 12.6 Å². The Labute approximate surface area is 161 Å². The Morgan fingerprint density at radius 2 is 1.86 bits per heavy atom. The molecule has 4 nitrogen and oxygen atoms in total. The Hall–Kier alpha value is -2.01. The Balaban J connectivity index is 1.69. The summed E-state index contributed by atoms with van der Waals surface area (Å²) in [5.74, 6) is -3.56. The fraction of sp³-hybridized carbons (Fsp3) is 0.412. The van der Waals surface area contributed by atoms with Crippen LogP contribution in [0, 0.1) is 17.5 Å². The number of anilines is 1. The third kappa shape index (κ3) is 4.69. The maximum atomic E-state index is 13.7. The largest absolute Gasteiger partial charge is 0.433 e. The van der Waals surface area contributed by atoms with Gasteiger partial charge < -0.3 is 9.64 Å². The van der Waals surface area contributed by atoms with Crippen LogP contribution in [0.3, 0.4) is 0 Å². The Morgan fingerprint density at radius 3 is 2.57 bits per heavy atom. The SMILES string of the molecule is Fc1cc(F)c(COC[C@@H]2C[C@@H](S)CN2c2nccc(C(F)(F)F)n2)cc1F. The fourth-order valence-electron chi connectivity index (χ4n) is 2.92. The van der Waals surface area contributed by atoms with Crippen molar-refractivity contribution in [2.24, 2.45) is 0 Å². The lowest BCUT2D eigenvalue weighted by molar-refractivity contribution is -0.141. The molecule has 2 atom stereocenters. The van der Waals surface area contributed by atoms with Gasteiger partial charge in [-0.05, 0) is 18.6 Å². The lowest BCUT2D eigenvalue weighted by Gasteiger charge is -2.25. The quantitative estimate of drug-likeness (QED) is 0.448. The van der Waals surface area contributed by atoms with Gasteiger partial charge in [0.05, 0.1) is 19.3 Å². The van der Waals surface area contributed by atoms with Gasteiger partial charge in [0.1, 0.15) is 11.5 Å². The summed E-state index contributed by atoms with van der Waals surface area (Å²) in [6.45, 7) is -0.0266. The van der Waals surface area contributed by atoms with Crippen molar-refractivity contribution in [1.29, 1.82) is 0 Å². The van der Waals surface area contributed by atoms with E-state index in [1.807, 2.05) is 0 Å². The minimum atomic E-state index is -4.60. The minimum Gasteiger partial charge on any atom is -0.375 e. The summed E-state index contributed by atoms with van der Waals surface area (Å²) in [6.07, 6.45) is -3.11. The third-order valence-corrected chi connectivity index (χ3v) is 4.61.